The molecule has 0 saturated carbocycles. The zero-order chi connectivity index (χ0) is 11.4. The summed E-state index contributed by atoms with van der Waals surface area (Å²) in [5.41, 5.74) is 2.28. The van der Waals surface area contributed by atoms with E-state index in [-0.39, 0.29) is 9.65 Å². The Bertz CT molecular complexity index is 387. The van der Waals surface area contributed by atoms with Gasteiger partial charge in [-0.15, -0.1) is 0 Å². The van der Waals surface area contributed by atoms with Crippen LogP contribution in [0.4, 0.5) is 0 Å². The van der Waals surface area contributed by atoms with Crippen LogP contribution in [0.2, 0.25) is 0 Å². The minimum Gasteiger partial charge on any atom is -0.260 e. The molecule has 0 aliphatic rings. The maximum absolute atomic E-state index is 4.35. The lowest BCUT2D eigenvalue weighted by Gasteiger charge is -2.16. The second kappa shape index (κ2) is 5.60. The van der Waals surface area contributed by atoms with Crippen molar-refractivity contribution in [1.29, 1.82) is 0 Å². The second-order valence-electron chi connectivity index (χ2n) is 3.47. The largest absolute Gasteiger partial charge is 0.260 e. The van der Waals surface area contributed by atoms with E-state index in [0.29, 0.717) is 0 Å². The lowest BCUT2D eigenvalue weighted by molar-refractivity contribution is 0.895. The summed E-state index contributed by atoms with van der Waals surface area (Å²) in [5.74, 6) is 0. The third-order valence-corrected chi connectivity index (χ3v) is 5.11. The van der Waals surface area contributed by atoms with E-state index in [2.05, 4.69) is 49.0 Å². The van der Waals surface area contributed by atoms with Gasteiger partial charge >= 0.3 is 0 Å². The summed E-state index contributed by atoms with van der Waals surface area (Å²) >= 11 is 7.38. The van der Waals surface area contributed by atoms with E-state index < -0.39 is 0 Å². The van der Waals surface area contributed by atoms with Crippen molar-refractivity contribution in [1.82, 2.24) is 4.98 Å². The van der Waals surface area contributed by atoms with Crippen LogP contribution in [0, 0.1) is 0 Å². The van der Waals surface area contributed by atoms with Crippen molar-refractivity contribution in [3.05, 3.63) is 66.0 Å². The average Bonchev–Trinajstić information content (AvgIpc) is 2.39. The van der Waals surface area contributed by atoms with Crippen LogP contribution in [0.3, 0.4) is 0 Å². The predicted molar refractivity (Wildman–Crippen MR) is 74.0 cm³/mol. The summed E-state index contributed by atoms with van der Waals surface area (Å²) < 4.78 is 0. The number of aromatic nitrogens is 1. The van der Waals surface area contributed by atoms with Gasteiger partial charge in [0.05, 0.1) is 15.3 Å². The first kappa shape index (κ1) is 11.8. The molecule has 0 spiro atoms. The molecule has 0 fully saturated rings. The normalized spacial score (nSPS) is 14.4. The standard InChI is InChI=1S/C13H11Br2N/c14-12(10-6-2-1-3-7-10)13(15)11-8-4-5-9-16-11/h1-9,12-13H/t12-,13+/m1/s1. The molecule has 0 saturated heterocycles. The predicted octanol–water partition coefficient (Wildman–Crippen LogP) is 4.65. The number of halogens is 2. The van der Waals surface area contributed by atoms with Crippen LogP contribution in [0.15, 0.2) is 54.7 Å². The average molecular weight is 341 g/mol. The number of hydrogen-bond donors (Lipinski definition) is 0. The quantitative estimate of drug-likeness (QED) is 0.741. The summed E-state index contributed by atoms with van der Waals surface area (Å²) in [6, 6.07) is 16.3. The Morgan fingerprint density at radius 2 is 1.50 bits per heavy atom. The number of hydrogen-bond acceptors (Lipinski definition) is 1. The van der Waals surface area contributed by atoms with E-state index in [1.807, 2.05) is 42.6 Å². The molecule has 16 heavy (non-hydrogen) atoms. The van der Waals surface area contributed by atoms with Crippen molar-refractivity contribution in [3.8, 4) is 0 Å². The number of alkyl halides is 2. The molecule has 1 heterocycles. The van der Waals surface area contributed by atoms with Crippen molar-refractivity contribution in [2.24, 2.45) is 0 Å². The monoisotopic (exact) mass is 339 g/mol. The van der Waals surface area contributed by atoms with Gasteiger partial charge < -0.3 is 0 Å². The third-order valence-electron chi connectivity index (χ3n) is 2.35. The Morgan fingerprint density at radius 1 is 0.812 bits per heavy atom. The van der Waals surface area contributed by atoms with Crippen LogP contribution in [0.5, 0.6) is 0 Å². The summed E-state index contributed by atoms with van der Waals surface area (Å²) in [5, 5.41) is 0. The van der Waals surface area contributed by atoms with E-state index in [1.54, 1.807) is 0 Å². The molecule has 0 radical (unpaired) electrons. The fourth-order valence-corrected chi connectivity index (χ4v) is 2.65. The van der Waals surface area contributed by atoms with E-state index >= 15 is 0 Å². The Kier molecular flexibility index (Phi) is 4.13. The van der Waals surface area contributed by atoms with Crippen molar-refractivity contribution >= 4 is 31.9 Å². The Balaban J connectivity index is 2.20. The molecule has 0 aliphatic heterocycles. The van der Waals surface area contributed by atoms with E-state index in [9.17, 15) is 0 Å². The van der Waals surface area contributed by atoms with Gasteiger partial charge in [-0.25, -0.2) is 0 Å². The lowest BCUT2D eigenvalue weighted by Crippen LogP contribution is -2.00. The number of pyridine rings is 1. The summed E-state index contributed by atoms with van der Waals surface area (Å²) in [6.45, 7) is 0. The van der Waals surface area contributed by atoms with Gasteiger partial charge in [0.1, 0.15) is 0 Å². The molecular formula is C13H11Br2N. The highest BCUT2D eigenvalue weighted by atomic mass is 79.9. The van der Waals surface area contributed by atoms with Crippen LogP contribution < -0.4 is 0 Å². The Labute approximate surface area is 112 Å². The van der Waals surface area contributed by atoms with Gasteiger partial charge in [0.2, 0.25) is 0 Å². The van der Waals surface area contributed by atoms with Crippen LogP contribution in [0.1, 0.15) is 20.9 Å². The SMILES string of the molecule is Br[C@H](c1ccccc1)[C@@H](Br)c1ccccn1. The lowest BCUT2D eigenvalue weighted by atomic mass is 10.1. The van der Waals surface area contributed by atoms with Crippen molar-refractivity contribution in [3.63, 3.8) is 0 Å². The molecule has 1 aromatic heterocycles. The van der Waals surface area contributed by atoms with Gasteiger partial charge in [0.25, 0.3) is 0 Å². The summed E-state index contributed by atoms with van der Waals surface area (Å²) in [6.07, 6.45) is 1.81. The van der Waals surface area contributed by atoms with Gasteiger partial charge in [-0.2, -0.15) is 0 Å². The van der Waals surface area contributed by atoms with Crippen LogP contribution in [0.25, 0.3) is 0 Å². The minimum absolute atomic E-state index is 0.177. The van der Waals surface area contributed by atoms with Crippen molar-refractivity contribution in [2.45, 2.75) is 9.65 Å². The first-order chi connectivity index (χ1) is 7.79. The molecule has 0 aliphatic carbocycles. The molecular weight excluding hydrogens is 330 g/mol. The van der Waals surface area contributed by atoms with Crippen LogP contribution in [-0.4, -0.2) is 4.98 Å². The molecule has 1 nitrogen and oxygen atoms in total. The first-order valence-electron chi connectivity index (χ1n) is 5.03. The first-order valence-corrected chi connectivity index (χ1v) is 6.86. The van der Waals surface area contributed by atoms with Gasteiger partial charge in [0.15, 0.2) is 0 Å². The van der Waals surface area contributed by atoms with Gasteiger partial charge in [-0.3, -0.25) is 4.98 Å². The molecule has 0 amide bonds. The molecule has 0 unspecified atom stereocenters. The summed E-state index contributed by atoms with van der Waals surface area (Å²) in [7, 11) is 0. The molecule has 2 rings (SSSR count). The molecule has 2 aromatic rings. The Hall–Kier alpha value is -0.670. The highest BCUT2D eigenvalue weighted by molar-refractivity contribution is 9.12. The number of rotatable bonds is 3. The molecule has 2 atom stereocenters. The number of nitrogens with zero attached hydrogens (tertiary/aromatic N) is 1. The molecule has 0 N–H and O–H groups in total. The third kappa shape index (κ3) is 2.71. The maximum Gasteiger partial charge on any atom is 0.0733 e. The number of benzene rings is 1. The Morgan fingerprint density at radius 3 is 2.12 bits per heavy atom. The smallest absolute Gasteiger partial charge is 0.0733 e. The van der Waals surface area contributed by atoms with E-state index in [0.717, 1.165) is 5.69 Å². The van der Waals surface area contributed by atoms with Crippen molar-refractivity contribution < 1.29 is 0 Å². The zero-order valence-corrected chi connectivity index (χ0v) is 11.7. The van der Waals surface area contributed by atoms with E-state index in [4.69, 9.17) is 0 Å². The van der Waals surface area contributed by atoms with Crippen LogP contribution >= 0.6 is 31.9 Å². The van der Waals surface area contributed by atoms with Crippen LogP contribution in [-0.2, 0) is 0 Å². The fraction of sp³-hybridized carbons (Fsp3) is 0.154. The highest BCUT2D eigenvalue weighted by Gasteiger charge is 2.20. The van der Waals surface area contributed by atoms with Gasteiger partial charge in [0, 0.05) is 6.20 Å². The molecule has 0 bridgehead atoms. The fourth-order valence-electron chi connectivity index (χ4n) is 1.49. The summed E-state index contributed by atoms with van der Waals surface area (Å²) in [4.78, 5) is 4.75. The van der Waals surface area contributed by atoms with Gasteiger partial charge in [-0.05, 0) is 17.7 Å². The molecule has 3 heteroatoms. The molecule has 1 aromatic carbocycles. The molecule has 82 valence electrons. The highest BCUT2D eigenvalue weighted by Crippen LogP contribution is 2.41. The second-order valence-corrected chi connectivity index (χ2v) is 5.44. The van der Waals surface area contributed by atoms with Crippen molar-refractivity contribution in [2.75, 3.05) is 0 Å². The zero-order valence-electron chi connectivity index (χ0n) is 8.55. The van der Waals surface area contributed by atoms with E-state index in [1.165, 1.54) is 5.56 Å². The van der Waals surface area contributed by atoms with Gasteiger partial charge in [-0.1, -0.05) is 68.3 Å². The maximum atomic E-state index is 4.35. The topological polar surface area (TPSA) is 12.9 Å². The minimum atomic E-state index is 0.177.